The van der Waals surface area contributed by atoms with Crippen LogP contribution in [-0.2, 0) is 6.18 Å². The van der Waals surface area contributed by atoms with Crippen molar-refractivity contribution in [2.45, 2.75) is 19.0 Å². The van der Waals surface area contributed by atoms with Gasteiger partial charge in [0, 0.05) is 6.20 Å². The fourth-order valence-corrected chi connectivity index (χ4v) is 1.97. The van der Waals surface area contributed by atoms with E-state index in [1.807, 2.05) is 0 Å². The number of hydrogen-bond donors (Lipinski definition) is 1. The highest BCUT2D eigenvalue weighted by Crippen LogP contribution is 2.34. The molecular weight excluding hydrogens is 245 g/mol. The molecule has 6 heteroatoms. The molecular formula is C12H15F3N2O. The largest absolute Gasteiger partial charge is 0.477 e. The van der Waals surface area contributed by atoms with E-state index in [1.165, 1.54) is 12.3 Å². The van der Waals surface area contributed by atoms with Gasteiger partial charge in [-0.1, -0.05) is 0 Å². The van der Waals surface area contributed by atoms with E-state index in [0.717, 1.165) is 32.0 Å². The first kappa shape index (κ1) is 13.1. The predicted octanol–water partition coefficient (Wildman–Crippen LogP) is 2.48. The molecule has 1 aliphatic rings. The minimum absolute atomic E-state index is 0.293. The third kappa shape index (κ3) is 3.35. The van der Waals surface area contributed by atoms with Crippen LogP contribution in [0, 0.1) is 5.92 Å². The Hall–Kier alpha value is -1.30. The van der Waals surface area contributed by atoms with Gasteiger partial charge in [-0.15, -0.1) is 0 Å². The molecule has 2 heterocycles. The Kier molecular flexibility index (Phi) is 4.06. The van der Waals surface area contributed by atoms with Gasteiger partial charge in [0.05, 0.1) is 6.61 Å². The summed E-state index contributed by atoms with van der Waals surface area (Å²) in [6.07, 6.45) is -1.26. The zero-order valence-corrected chi connectivity index (χ0v) is 9.83. The lowest BCUT2D eigenvalue weighted by Crippen LogP contribution is -2.30. The summed E-state index contributed by atoms with van der Waals surface area (Å²) in [4.78, 5) is 3.67. The molecule has 0 saturated carbocycles. The summed E-state index contributed by atoms with van der Waals surface area (Å²) in [5.41, 5.74) is -0.807. The van der Waals surface area contributed by atoms with Crippen molar-refractivity contribution in [3.8, 4) is 5.88 Å². The minimum atomic E-state index is -4.42. The van der Waals surface area contributed by atoms with Crippen molar-refractivity contribution >= 4 is 0 Å². The van der Waals surface area contributed by atoms with Gasteiger partial charge in [0.2, 0.25) is 5.88 Å². The highest BCUT2D eigenvalue weighted by atomic mass is 19.4. The average Bonchev–Trinajstić information content (AvgIpc) is 2.37. The van der Waals surface area contributed by atoms with E-state index >= 15 is 0 Å². The molecule has 0 atom stereocenters. The van der Waals surface area contributed by atoms with Gasteiger partial charge in [-0.3, -0.25) is 0 Å². The predicted molar refractivity (Wildman–Crippen MR) is 60.3 cm³/mol. The van der Waals surface area contributed by atoms with Crippen LogP contribution in [0.15, 0.2) is 18.3 Å². The zero-order chi connectivity index (χ0) is 13.0. The van der Waals surface area contributed by atoms with Crippen molar-refractivity contribution in [1.82, 2.24) is 10.3 Å². The number of piperidine rings is 1. The first-order chi connectivity index (χ1) is 8.57. The second-order valence-corrected chi connectivity index (χ2v) is 4.36. The SMILES string of the molecule is FC(F)(F)c1cccnc1OCC1CCNCC1. The van der Waals surface area contributed by atoms with Crippen LogP contribution >= 0.6 is 0 Å². The molecule has 0 bridgehead atoms. The minimum Gasteiger partial charge on any atom is -0.477 e. The van der Waals surface area contributed by atoms with E-state index in [0.29, 0.717) is 12.5 Å². The van der Waals surface area contributed by atoms with Crippen LogP contribution < -0.4 is 10.1 Å². The highest BCUT2D eigenvalue weighted by molar-refractivity contribution is 5.28. The number of hydrogen-bond acceptors (Lipinski definition) is 3. The van der Waals surface area contributed by atoms with Crippen molar-refractivity contribution in [2.75, 3.05) is 19.7 Å². The molecule has 0 aliphatic carbocycles. The van der Waals surface area contributed by atoms with Crippen LogP contribution in [-0.4, -0.2) is 24.7 Å². The fraction of sp³-hybridized carbons (Fsp3) is 0.583. The second-order valence-electron chi connectivity index (χ2n) is 4.36. The summed E-state index contributed by atoms with van der Waals surface area (Å²) in [5, 5.41) is 3.20. The number of alkyl halides is 3. The molecule has 1 aromatic heterocycles. The van der Waals surface area contributed by atoms with E-state index in [1.54, 1.807) is 0 Å². The molecule has 2 rings (SSSR count). The first-order valence-electron chi connectivity index (χ1n) is 5.93. The molecule has 1 saturated heterocycles. The Labute approximate surface area is 103 Å². The Morgan fingerprint density at radius 1 is 1.33 bits per heavy atom. The average molecular weight is 260 g/mol. The number of ether oxygens (including phenoxy) is 1. The first-order valence-corrected chi connectivity index (χ1v) is 5.93. The van der Waals surface area contributed by atoms with Gasteiger partial charge in [0.1, 0.15) is 5.56 Å². The summed E-state index contributed by atoms with van der Waals surface area (Å²) >= 11 is 0. The summed E-state index contributed by atoms with van der Waals surface area (Å²) < 4.78 is 43.3. The molecule has 1 N–H and O–H groups in total. The van der Waals surface area contributed by atoms with Crippen LogP contribution in [0.1, 0.15) is 18.4 Å². The van der Waals surface area contributed by atoms with Crippen LogP contribution in [0.2, 0.25) is 0 Å². The van der Waals surface area contributed by atoms with Crippen molar-refractivity contribution in [2.24, 2.45) is 5.92 Å². The number of nitrogens with one attached hydrogen (secondary N) is 1. The smallest absolute Gasteiger partial charge is 0.421 e. The molecule has 1 aliphatic heterocycles. The molecule has 1 fully saturated rings. The number of halogens is 3. The molecule has 0 aromatic carbocycles. The molecule has 0 radical (unpaired) electrons. The second kappa shape index (κ2) is 5.56. The Morgan fingerprint density at radius 2 is 2.06 bits per heavy atom. The number of pyridine rings is 1. The molecule has 18 heavy (non-hydrogen) atoms. The summed E-state index contributed by atoms with van der Waals surface area (Å²) in [6.45, 7) is 2.08. The Bertz CT molecular complexity index is 389. The lowest BCUT2D eigenvalue weighted by atomic mass is 9.99. The van der Waals surface area contributed by atoms with E-state index in [4.69, 9.17) is 4.74 Å². The van der Waals surface area contributed by atoms with Crippen molar-refractivity contribution < 1.29 is 17.9 Å². The molecule has 100 valence electrons. The normalized spacial score (nSPS) is 17.7. The van der Waals surface area contributed by atoms with Gasteiger partial charge in [-0.25, -0.2) is 4.98 Å². The number of aromatic nitrogens is 1. The van der Waals surface area contributed by atoms with Gasteiger partial charge in [0.15, 0.2) is 0 Å². The maximum atomic E-state index is 12.7. The lowest BCUT2D eigenvalue weighted by Gasteiger charge is -2.23. The van der Waals surface area contributed by atoms with Crippen LogP contribution in [0.4, 0.5) is 13.2 Å². The van der Waals surface area contributed by atoms with Crippen molar-refractivity contribution in [1.29, 1.82) is 0 Å². The standard InChI is InChI=1S/C12H15F3N2O/c13-12(14,15)10-2-1-5-17-11(10)18-8-9-3-6-16-7-4-9/h1-2,5,9,16H,3-4,6-8H2. The molecule has 0 unspecified atom stereocenters. The number of rotatable bonds is 3. The van der Waals surface area contributed by atoms with E-state index in [2.05, 4.69) is 10.3 Å². The van der Waals surface area contributed by atoms with Gasteiger partial charge < -0.3 is 10.1 Å². The van der Waals surface area contributed by atoms with Crippen molar-refractivity contribution in [3.05, 3.63) is 23.9 Å². The fourth-order valence-electron chi connectivity index (χ4n) is 1.97. The molecule has 0 amide bonds. The third-order valence-corrected chi connectivity index (χ3v) is 2.99. The van der Waals surface area contributed by atoms with Crippen molar-refractivity contribution in [3.63, 3.8) is 0 Å². The summed E-state index contributed by atoms with van der Waals surface area (Å²) in [7, 11) is 0. The van der Waals surface area contributed by atoms with Crippen LogP contribution in [0.3, 0.4) is 0 Å². The Morgan fingerprint density at radius 3 is 2.72 bits per heavy atom. The third-order valence-electron chi connectivity index (χ3n) is 2.99. The quantitative estimate of drug-likeness (QED) is 0.906. The molecule has 1 aromatic rings. The van der Waals surface area contributed by atoms with Gasteiger partial charge in [-0.05, 0) is 44.0 Å². The maximum Gasteiger partial charge on any atom is 0.421 e. The van der Waals surface area contributed by atoms with Gasteiger partial charge in [0.25, 0.3) is 0 Å². The van der Waals surface area contributed by atoms with E-state index in [-0.39, 0.29) is 5.88 Å². The van der Waals surface area contributed by atoms with Crippen LogP contribution in [0.5, 0.6) is 5.88 Å². The molecule has 0 spiro atoms. The number of nitrogens with zero attached hydrogens (tertiary/aromatic N) is 1. The Balaban J connectivity index is 2.00. The van der Waals surface area contributed by atoms with Gasteiger partial charge >= 0.3 is 6.18 Å². The van der Waals surface area contributed by atoms with Crippen LogP contribution in [0.25, 0.3) is 0 Å². The topological polar surface area (TPSA) is 34.1 Å². The molecule has 3 nitrogen and oxygen atoms in total. The highest BCUT2D eigenvalue weighted by Gasteiger charge is 2.35. The lowest BCUT2D eigenvalue weighted by molar-refractivity contribution is -0.139. The zero-order valence-electron chi connectivity index (χ0n) is 9.83. The maximum absolute atomic E-state index is 12.7. The summed E-state index contributed by atoms with van der Waals surface area (Å²) in [6, 6.07) is 2.25. The van der Waals surface area contributed by atoms with Gasteiger partial charge in [-0.2, -0.15) is 13.2 Å². The van der Waals surface area contributed by atoms with E-state index in [9.17, 15) is 13.2 Å². The van der Waals surface area contributed by atoms with E-state index < -0.39 is 11.7 Å². The monoisotopic (exact) mass is 260 g/mol. The summed E-state index contributed by atoms with van der Waals surface area (Å²) in [5.74, 6) is -0.0159.